The van der Waals surface area contributed by atoms with Crippen LogP contribution in [0.5, 0.6) is 11.5 Å². The van der Waals surface area contributed by atoms with Gasteiger partial charge in [0, 0.05) is 5.56 Å². The number of nitrogens with zero attached hydrogens (tertiary/aromatic N) is 1. The monoisotopic (exact) mass is 414 g/mol. The highest BCUT2D eigenvalue weighted by Crippen LogP contribution is 2.40. The van der Waals surface area contributed by atoms with Crippen LogP contribution >= 0.6 is 24.0 Å². The summed E-state index contributed by atoms with van der Waals surface area (Å²) in [5.74, 6) is -0.918. The SMILES string of the molecule is COc1cccc(/C=C2\SC(=S)N([C@@H](C(=O)[O-])c3ccccc3)C2=O)c1OC. The van der Waals surface area contributed by atoms with E-state index >= 15 is 0 Å². The van der Waals surface area contributed by atoms with E-state index in [-0.39, 0.29) is 4.32 Å². The van der Waals surface area contributed by atoms with E-state index in [1.54, 1.807) is 54.6 Å². The molecule has 0 aromatic heterocycles. The number of carbonyl (C=O) groups is 2. The first-order chi connectivity index (χ1) is 13.5. The van der Waals surface area contributed by atoms with Crippen molar-refractivity contribution in [2.45, 2.75) is 6.04 Å². The lowest BCUT2D eigenvalue weighted by Gasteiger charge is -2.27. The highest BCUT2D eigenvalue weighted by Gasteiger charge is 2.38. The molecule has 1 fully saturated rings. The number of thioether (sulfide) groups is 1. The maximum atomic E-state index is 13.0. The second kappa shape index (κ2) is 8.45. The van der Waals surface area contributed by atoms with Gasteiger partial charge in [-0.1, -0.05) is 66.4 Å². The predicted molar refractivity (Wildman–Crippen MR) is 109 cm³/mol. The minimum absolute atomic E-state index is 0.149. The third-order valence-electron chi connectivity index (χ3n) is 4.14. The van der Waals surface area contributed by atoms with Crippen molar-refractivity contribution in [1.29, 1.82) is 0 Å². The number of methoxy groups -OCH3 is 2. The van der Waals surface area contributed by atoms with Crippen LogP contribution < -0.4 is 14.6 Å². The normalized spacial score (nSPS) is 16.4. The molecule has 6 nitrogen and oxygen atoms in total. The van der Waals surface area contributed by atoms with Crippen molar-refractivity contribution in [2.24, 2.45) is 0 Å². The van der Waals surface area contributed by atoms with Crippen molar-refractivity contribution < 1.29 is 24.2 Å². The van der Waals surface area contributed by atoms with Crippen LogP contribution in [-0.2, 0) is 9.59 Å². The number of benzene rings is 2. The number of para-hydroxylation sites is 1. The van der Waals surface area contributed by atoms with E-state index in [0.717, 1.165) is 16.7 Å². The lowest BCUT2D eigenvalue weighted by atomic mass is 10.1. The molecular weight excluding hydrogens is 398 g/mol. The summed E-state index contributed by atoms with van der Waals surface area (Å²) in [5, 5.41) is 11.8. The Morgan fingerprint density at radius 3 is 2.46 bits per heavy atom. The zero-order valence-corrected chi connectivity index (χ0v) is 16.7. The van der Waals surface area contributed by atoms with Crippen molar-refractivity contribution in [3.8, 4) is 11.5 Å². The van der Waals surface area contributed by atoms with Crippen LogP contribution in [0.25, 0.3) is 6.08 Å². The van der Waals surface area contributed by atoms with Crippen LogP contribution in [0.4, 0.5) is 0 Å². The molecule has 3 rings (SSSR count). The largest absolute Gasteiger partial charge is 0.547 e. The first-order valence-corrected chi connectivity index (χ1v) is 9.44. The van der Waals surface area contributed by atoms with Gasteiger partial charge in [0.15, 0.2) is 11.5 Å². The number of amides is 1. The van der Waals surface area contributed by atoms with Crippen molar-refractivity contribution in [3.05, 3.63) is 64.6 Å². The van der Waals surface area contributed by atoms with Crippen LogP contribution in [-0.4, -0.2) is 35.3 Å². The topological polar surface area (TPSA) is 78.9 Å². The summed E-state index contributed by atoms with van der Waals surface area (Å²) >= 11 is 6.33. The quantitative estimate of drug-likeness (QED) is 0.530. The van der Waals surface area contributed by atoms with Gasteiger partial charge in [-0.15, -0.1) is 0 Å². The minimum atomic E-state index is -1.40. The number of thiocarbonyl (C=S) groups is 1. The van der Waals surface area contributed by atoms with E-state index in [0.29, 0.717) is 27.5 Å². The first kappa shape index (κ1) is 19.9. The van der Waals surface area contributed by atoms with E-state index in [9.17, 15) is 14.7 Å². The van der Waals surface area contributed by atoms with E-state index in [2.05, 4.69) is 0 Å². The van der Waals surface area contributed by atoms with Crippen LogP contribution in [0.2, 0.25) is 0 Å². The Kier molecular flexibility index (Phi) is 6.01. The molecule has 2 aromatic carbocycles. The van der Waals surface area contributed by atoms with Gasteiger partial charge in [-0.05, 0) is 17.7 Å². The fourth-order valence-electron chi connectivity index (χ4n) is 2.90. The molecule has 1 aliphatic heterocycles. The molecule has 0 bridgehead atoms. The Labute approximate surface area is 171 Å². The van der Waals surface area contributed by atoms with Crippen molar-refractivity contribution in [3.63, 3.8) is 0 Å². The number of ether oxygens (including phenoxy) is 2. The number of carboxylic acid groups (broad SMARTS) is 1. The molecule has 28 heavy (non-hydrogen) atoms. The number of carboxylic acids is 1. The molecule has 8 heteroatoms. The lowest BCUT2D eigenvalue weighted by molar-refractivity contribution is -0.310. The first-order valence-electron chi connectivity index (χ1n) is 8.21. The minimum Gasteiger partial charge on any atom is -0.547 e. The van der Waals surface area contributed by atoms with Gasteiger partial charge in [0.05, 0.1) is 25.1 Å². The summed E-state index contributed by atoms with van der Waals surface area (Å²) in [6, 6.07) is 12.4. The Morgan fingerprint density at radius 1 is 1.14 bits per heavy atom. The molecule has 1 saturated heterocycles. The van der Waals surface area contributed by atoms with Gasteiger partial charge in [0.2, 0.25) is 0 Å². The second-order valence-electron chi connectivity index (χ2n) is 5.77. The third kappa shape index (κ3) is 3.74. The Hall–Kier alpha value is -2.84. The fourth-order valence-corrected chi connectivity index (χ4v) is 4.20. The Bertz CT molecular complexity index is 958. The molecule has 1 heterocycles. The molecule has 0 radical (unpaired) electrons. The van der Waals surface area contributed by atoms with E-state index in [1.807, 2.05) is 0 Å². The highest BCUT2D eigenvalue weighted by molar-refractivity contribution is 8.26. The van der Waals surface area contributed by atoms with Crippen LogP contribution in [0.3, 0.4) is 0 Å². The number of hydrogen-bond acceptors (Lipinski definition) is 7. The molecule has 1 aliphatic rings. The number of aliphatic carboxylic acids is 1. The smallest absolute Gasteiger partial charge is 0.267 e. The zero-order valence-electron chi connectivity index (χ0n) is 15.1. The summed E-state index contributed by atoms with van der Waals surface area (Å²) in [7, 11) is 3.02. The van der Waals surface area contributed by atoms with E-state index in [1.165, 1.54) is 14.2 Å². The Balaban J connectivity index is 2.00. The van der Waals surface area contributed by atoms with Crippen molar-refractivity contribution >= 4 is 46.3 Å². The summed E-state index contributed by atoms with van der Waals surface area (Å²) in [4.78, 5) is 26.1. The molecule has 0 spiro atoms. The summed E-state index contributed by atoms with van der Waals surface area (Å²) < 4.78 is 10.8. The van der Waals surface area contributed by atoms with Gasteiger partial charge in [-0.2, -0.15) is 0 Å². The van der Waals surface area contributed by atoms with Gasteiger partial charge in [0.25, 0.3) is 5.91 Å². The molecule has 0 unspecified atom stereocenters. The fraction of sp³-hybridized carbons (Fsp3) is 0.150. The van der Waals surface area contributed by atoms with Gasteiger partial charge in [0.1, 0.15) is 10.4 Å². The molecule has 0 aliphatic carbocycles. The van der Waals surface area contributed by atoms with E-state index < -0.39 is 17.9 Å². The molecule has 0 saturated carbocycles. The van der Waals surface area contributed by atoms with Crippen molar-refractivity contribution in [2.75, 3.05) is 14.2 Å². The zero-order chi connectivity index (χ0) is 20.3. The van der Waals surface area contributed by atoms with Gasteiger partial charge >= 0.3 is 0 Å². The Morgan fingerprint density at radius 2 is 1.86 bits per heavy atom. The average Bonchev–Trinajstić information content (AvgIpc) is 2.96. The average molecular weight is 414 g/mol. The van der Waals surface area contributed by atoms with Crippen LogP contribution in [0.1, 0.15) is 17.2 Å². The van der Waals surface area contributed by atoms with Crippen LogP contribution in [0, 0.1) is 0 Å². The third-order valence-corrected chi connectivity index (χ3v) is 5.47. The lowest BCUT2D eigenvalue weighted by Crippen LogP contribution is -2.43. The van der Waals surface area contributed by atoms with Gasteiger partial charge < -0.3 is 19.4 Å². The molecule has 144 valence electrons. The number of hydrogen-bond donors (Lipinski definition) is 0. The maximum Gasteiger partial charge on any atom is 0.267 e. The highest BCUT2D eigenvalue weighted by atomic mass is 32.2. The molecular formula is C20H16NO5S2-. The maximum absolute atomic E-state index is 13.0. The summed E-state index contributed by atoms with van der Waals surface area (Å²) in [6.07, 6.45) is 1.61. The van der Waals surface area contributed by atoms with Gasteiger partial charge in [-0.3, -0.25) is 9.69 Å². The predicted octanol–water partition coefficient (Wildman–Crippen LogP) is 2.40. The number of carbonyl (C=O) groups excluding carboxylic acids is 2. The standard InChI is InChI=1S/C20H17NO5S2/c1-25-14-10-6-9-13(17(14)26-2)11-15-18(22)21(20(27)28-15)16(19(23)24)12-7-4-3-5-8-12/h3-11,16H,1-2H3,(H,23,24)/p-1/b15-11-/t16-/m1/s1. The number of rotatable bonds is 6. The molecule has 0 N–H and O–H groups in total. The van der Waals surface area contributed by atoms with Crippen LogP contribution in [0.15, 0.2) is 53.4 Å². The second-order valence-corrected chi connectivity index (χ2v) is 7.44. The summed E-state index contributed by atoms with van der Waals surface area (Å²) in [6.45, 7) is 0. The molecule has 2 aromatic rings. The molecule has 1 atom stereocenters. The van der Waals surface area contributed by atoms with Crippen molar-refractivity contribution in [1.82, 2.24) is 4.90 Å². The van der Waals surface area contributed by atoms with Gasteiger partial charge in [-0.25, -0.2) is 0 Å². The summed E-state index contributed by atoms with van der Waals surface area (Å²) in [5.41, 5.74) is 1.03. The molecule has 1 amide bonds. The van der Waals surface area contributed by atoms with E-state index in [4.69, 9.17) is 21.7 Å².